The van der Waals surface area contributed by atoms with E-state index < -0.39 is 0 Å². The van der Waals surface area contributed by atoms with Gasteiger partial charge in [0.15, 0.2) is 10.9 Å². The normalized spacial score (nSPS) is 12.9. The maximum absolute atomic E-state index is 13.6. The molecule has 0 N–H and O–H groups in total. The fraction of sp³-hybridized carbons (Fsp3) is 0.269. The molecule has 0 saturated carbocycles. The first-order valence-corrected chi connectivity index (χ1v) is 12.8. The predicted octanol–water partition coefficient (Wildman–Crippen LogP) is 5.53. The number of thioether (sulfide) groups is 1. The minimum Gasteiger partial charge on any atom is -0.293 e. The third-order valence-corrected chi connectivity index (χ3v) is 8.15. The van der Waals surface area contributed by atoms with Crippen LogP contribution < -0.4 is 5.56 Å². The van der Waals surface area contributed by atoms with E-state index in [4.69, 9.17) is 4.98 Å². The Hall–Kier alpha value is -2.70. The smallest absolute Gasteiger partial charge is 0.263 e. The quantitative estimate of drug-likeness (QED) is 0.207. The lowest BCUT2D eigenvalue weighted by Gasteiger charge is -2.12. The van der Waals surface area contributed by atoms with Gasteiger partial charge in [-0.1, -0.05) is 73.3 Å². The number of nitrogens with zero attached hydrogens (tertiary/aromatic N) is 2. The van der Waals surface area contributed by atoms with Crippen LogP contribution in [-0.4, -0.2) is 21.1 Å². The van der Waals surface area contributed by atoms with Crippen LogP contribution >= 0.6 is 23.1 Å². The van der Waals surface area contributed by atoms with Crippen LogP contribution in [0.1, 0.15) is 45.3 Å². The summed E-state index contributed by atoms with van der Waals surface area (Å²) in [5.41, 5.74) is 4.16. The van der Waals surface area contributed by atoms with Crippen molar-refractivity contribution in [2.75, 3.05) is 5.75 Å². The summed E-state index contributed by atoms with van der Waals surface area (Å²) >= 11 is 3.00. The molecule has 4 aromatic rings. The molecule has 0 bridgehead atoms. The van der Waals surface area contributed by atoms with Crippen LogP contribution in [0.25, 0.3) is 10.2 Å². The Kier molecular flexibility index (Phi) is 5.98. The number of fused-ring (bicyclic) bond motifs is 3. The highest BCUT2D eigenvalue weighted by atomic mass is 32.2. The average Bonchev–Trinajstić information content (AvgIpc) is 3.41. The zero-order chi connectivity index (χ0) is 22.1. The second-order valence-corrected chi connectivity index (χ2v) is 10.1. The number of aromatic nitrogens is 2. The summed E-state index contributed by atoms with van der Waals surface area (Å²) in [5, 5.41) is 1.40. The Labute approximate surface area is 195 Å². The molecule has 2 aromatic carbocycles. The van der Waals surface area contributed by atoms with Gasteiger partial charge in [0.05, 0.1) is 17.7 Å². The molecule has 1 aliphatic carbocycles. The summed E-state index contributed by atoms with van der Waals surface area (Å²) in [6, 6.07) is 17.7. The first-order valence-electron chi connectivity index (χ1n) is 11.0. The van der Waals surface area contributed by atoms with Gasteiger partial charge in [-0.2, -0.15) is 0 Å². The Bertz CT molecular complexity index is 1340. The molecule has 2 heterocycles. The second kappa shape index (κ2) is 9.04. The third-order valence-electron chi connectivity index (χ3n) is 5.99. The van der Waals surface area contributed by atoms with Crippen LogP contribution in [0.15, 0.2) is 64.5 Å². The van der Waals surface area contributed by atoms with Crippen molar-refractivity contribution in [1.29, 1.82) is 0 Å². The molecule has 32 heavy (non-hydrogen) atoms. The molecule has 0 saturated heterocycles. The highest BCUT2D eigenvalue weighted by Crippen LogP contribution is 2.35. The van der Waals surface area contributed by atoms with Crippen LogP contribution in [0.3, 0.4) is 0 Å². The predicted molar refractivity (Wildman–Crippen MR) is 132 cm³/mol. The van der Waals surface area contributed by atoms with E-state index in [0.717, 1.165) is 41.5 Å². The summed E-state index contributed by atoms with van der Waals surface area (Å²) < 4.78 is 1.75. The van der Waals surface area contributed by atoms with Crippen LogP contribution in [-0.2, 0) is 25.8 Å². The summed E-state index contributed by atoms with van der Waals surface area (Å²) in [6.45, 7) is 2.55. The highest BCUT2D eigenvalue weighted by Gasteiger charge is 2.23. The lowest BCUT2D eigenvalue weighted by Crippen LogP contribution is -2.24. The number of rotatable bonds is 7. The highest BCUT2D eigenvalue weighted by molar-refractivity contribution is 7.99. The Morgan fingerprint density at radius 1 is 1.06 bits per heavy atom. The summed E-state index contributed by atoms with van der Waals surface area (Å²) in [6.07, 6.45) is 4.04. The zero-order valence-electron chi connectivity index (χ0n) is 18.0. The molecule has 0 aliphatic heterocycles. The molecule has 4 nitrogen and oxygen atoms in total. The lowest BCUT2D eigenvalue weighted by molar-refractivity contribution is 0.102. The van der Waals surface area contributed by atoms with Gasteiger partial charge >= 0.3 is 0 Å². The molecular formula is C26H24N2O2S2. The number of hydrogen-bond acceptors (Lipinski definition) is 5. The van der Waals surface area contributed by atoms with Crippen molar-refractivity contribution in [3.05, 3.63) is 92.1 Å². The van der Waals surface area contributed by atoms with Gasteiger partial charge in [0.25, 0.3) is 5.56 Å². The summed E-state index contributed by atoms with van der Waals surface area (Å²) in [5.74, 6) is 0.301. The number of carbonyl (C=O) groups excluding carboxylic acids is 1. The van der Waals surface area contributed by atoms with Gasteiger partial charge in [-0.3, -0.25) is 14.2 Å². The Morgan fingerprint density at radius 2 is 1.84 bits per heavy atom. The van der Waals surface area contributed by atoms with Gasteiger partial charge in [-0.05, 0) is 42.4 Å². The monoisotopic (exact) mass is 460 g/mol. The van der Waals surface area contributed by atoms with Gasteiger partial charge in [-0.15, -0.1) is 11.3 Å². The van der Waals surface area contributed by atoms with E-state index in [0.29, 0.717) is 17.3 Å². The van der Waals surface area contributed by atoms with Gasteiger partial charge in [0.2, 0.25) is 0 Å². The van der Waals surface area contributed by atoms with E-state index in [1.165, 1.54) is 27.8 Å². The summed E-state index contributed by atoms with van der Waals surface area (Å²) in [7, 11) is 0. The molecule has 0 atom stereocenters. The van der Waals surface area contributed by atoms with Gasteiger partial charge in [0, 0.05) is 10.4 Å². The molecule has 6 heteroatoms. The largest absolute Gasteiger partial charge is 0.293 e. The number of carbonyl (C=O) groups is 1. The van der Waals surface area contributed by atoms with Crippen molar-refractivity contribution in [2.24, 2.45) is 0 Å². The van der Waals surface area contributed by atoms with Crippen molar-refractivity contribution in [2.45, 2.75) is 44.3 Å². The zero-order valence-corrected chi connectivity index (χ0v) is 19.6. The first kappa shape index (κ1) is 21.2. The maximum atomic E-state index is 13.6. The number of hydrogen-bond donors (Lipinski definition) is 0. The number of ketones is 1. The molecule has 2 aromatic heterocycles. The van der Waals surface area contributed by atoms with Crippen LogP contribution in [0.2, 0.25) is 0 Å². The van der Waals surface area contributed by atoms with E-state index in [1.54, 1.807) is 15.9 Å². The van der Waals surface area contributed by atoms with E-state index in [9.17, 15) is 9.59 Å². The Balaban J connectivity index is 1.49. The molecule has 0 spiro atoms. The molecule has 0 radical (unpaired) electrons. The topological polar surface area (TPSA) is 52.0 Å². The van der Waals surface area contributed by atoms with Crippen molar-refractivity contribution < 1.29 is 4.79 Å². The third kappa shape index (κ3) is 4.05. The van der Waals surface area contributed by atoms with Gasteiger partial charge in [-0.25, -0.2) is 4.98 Å². The van der Waals surface area contributed by atoms with Gasteiger partial charge < -0.3 is 0 Å². The van der Waals surface area contributed by atoms with Crippen LogP contribution in [0.5, 0.6) is 0 Å². The number of aryl methyl sites for hydroxylation is 3. The molecule has 0 amide bonds. The number of benzene rings is 2. The van der Waals surface area contributed by atoms with Crippen molar-refractivity contribution in [3.8, 4) is 0 Å². The molecule has 0 fully saturated rings. The van der Waals surface area contributed by atoms with Gasteiger partial charge in [0.1, 0.15) is 4.83 Å². The van der Waals surface area contributed by atoms with E-state index in [1.807, 2.05) is 54.6 Å². The van der Waals surface area contributed by atoms with Crippen molar-refractivity contribution >= 4 is 39.1 Å². The molecular weight excluding hydrogens is 436 g/mol. The second-order valence-electron chi connectivity index (χ2n) is 8.07. The minimum absolute atomic E-state index is 0.0144. The van der Waals surface area contributed by atoms with E-state index >= 15 is 0 Å². The van der Waals surface area contributed by atoms with Crippen molar-refractivity contribution in [3.63, 3.8) is 0 Å². The number of Topliss-reactive ketones (excluding diaryl/α,β-unsaturated/α-hetero) is 1. The van der Waals surface area contributed by atoms with E-state index in [-0.39, 0.29) is 17.1 Å². The Morgan fingerprint density at radius 3 is 2.59 bits per heavy atom. The first-order chi connectivity index (χ1) is 15.6. The minimum atomic E-state index is 0.0144. The lowest BCUT2D eigenvalue weighted by atomic mass is 10.1. The number of thiophene rings is 1. The maximum Gasteiger partial charge on any atom is 0.263 e. The molecule has 162 valence electrons. The summed E-state index contributed by atoms with van der Waals surface area (Å²) in [4.78, 5) is 33.4. The van der Waals surface area contributed by atoms with E-state index in [2.05, 4.69) is 6.92 Å². The SMILES string of the molecule is CCc1ccc(C(=O)CSc2nc3sc4c(c3c(=O)n2Cc2ccccc2)CCC4)cc1. The fourth-order valence-electron chi connectivity index (χ4n) is 4.21. The van der Waals surface area contributed by atoms with Crippen LogP contribution in [0.4, 0.5) is 0 Å². The molecule has 0 unspecified atom stereocenters. The average molecular weight is 461 g/mol. The molecule has 1 aliphatic rings. The molecule has 5 rings (SSSR count). The fourth-order valence-corrected chi connectivity index (χ4v) is 6.41. The van der Waals surface area contributed by atoms with Crippen LogP contribution in [0, 0.1) is 0 Å². The standard InChI is InChI=1S/C26H24N2O2S2/c1-2-17-11-13-19(14-12-17)21(29)16-31-26-27-24-23(20-9-6-10-22(20)32-24)25(30)28(26)15-18-7-4-3-5-8-18/h3-5,7-8,11-14H,2,6,9-10,15-16H2,1H3. The van der Waals surface area contributed by atoms with Crippen molar-refractivity contribution in [1.82, 2.24) is 9.55 Å².